The average molecular weight is 549 g/mol. The fourth-order valence-electron chi connectivity index (χ4n) is 6.01. The first-order valence-corrected chi connectivity index (χ1v) is 14.5. The number of aromatic nitrogens is 5. The smallest absolute Gasteiger partial charge is 0.253 e. The maximum Gasteiger partial charge on any atom is 0.253 e. The Labute approximate surface area is 240 Å². The fourth-order valence-corrected chi connectivity index (χ4v) is 6.01. The van der Waals surface area contributed by atoms with E-state index in [2.05, 4.69) is 68.7 Å². The van der Waals surface area contributed by atoms with Crippen LogP contribution in [-0.2, 0) is 19.5 Å². The molecule has 1 N–H and O–H groups in total. The number of nitrogens with zero attached hydrogens (tertiary/aromatic N) is 5. The minimum absolute atomic E-state index is 0.125. The number of aromatic amines is 1. The van der Waals surface area contributed by atoms with Crippen molar-refractivity contribution in [2.24, 2.45) is 0 Å². The molecular weight excluding hydrogens is 512 g/mol. The molecule has 3 aromatic carbocycles. The molecule has 1 aliphatic rings. The number of hydrogen-bond donors (Lipinski definition) is 1. The molecule has 5 aromatic rings. The van der Waals surface area contributed by atoms with Gasteiger partial charge >= 0.3 is 0 Å². The van der Waals surface area contributed by atoms with E-state index in [9.17, 15) is 4.79 Å². The van der Waals surface area contributed by atoms with Crippen LogP contribution in [0.1, 0.15) is 72.8 Å². The van der Waals surface area contributed by atoms with Crippen LogP contribution >= 0.6 is 0 Å². The van der Waals surface area contributed by atoms with Crippen LogP contribution in [0.25, 0.3) is 10.9 Å². The third-order valence-electron chi connectivity index (χ3n) is 8.21. The second kappa shape index (κ2) is 12.1. The van der Waals surface area contributed by atoms with Crippen molar-refractivity contribution in [3.63, 3.8) is 0 Å². The Morgan fingerprint density at radius 2 is 1.66 bits per heavy atom. The largest absolute Gasteiger partial charge is 0.497 e. The van der Waals surface area contributed by atoms with Crippen molar-refractivity contribution >= 4 is 10.9 Å². The van der Waals surface area contributed by atoms with Gasteiger partial charge in [-0.05, 0) is 82.1 Å². The number of hydrogen-bond acceptors (Lipinski definition) is 6. The summed E-state index contributed by atoms with van der Waals surface area (Å²) in [7, 11) is 1.67. The summed E-state index contributed by atoms with van der Waals surface area (Å²) in [5.41, 5.74) is 4.83. The molecule has 1 atom stereocenters. The Bertz CT molecular complexity index is 1660. The zero-order valence-electron chi connectivity index (χ0n) is 23.7. The highest BCUT2D eigenvalue weighted by molar-refractivity contribution is 5.80. The maximum atomic E-state index is 13.9. The molecule has 1 aliphatic carbocycles. The quantitative estimate of drug-likeness (QED) is 0.231. The maximum absolute atomic E-state index is 13.9. The van der Waals surface area contributed by atoms with Crippen molar-refractivity contribution in [1.82, 2.24) is 30.1 Å². The van der Waals surface area contributed by atoms with Gasteiger partial charge in [0.25, 0.3) is 5.56 Å². The molecule has 0 amide bonds. The molecule has 2 heterocycles. The Balaban J connectivity index is 1.52. The van der Waals surface area contributed by atoms with Crippen molar-refractivity contribution < 1.29 is 4.74 Å². The first kappa shape index (κ1) is 26.9. The molecule has 1 fully saturated rings. The van der Waals surface area contributed by atoms with Crippen molar-refractivity contribution in [1.29, 1.82) is 0 Å². The van der Waals surface area contributed by atoms with Gasteiger partial charge in [0.1, 0.15) is 11.8 Å². The average Bonchev–Trinajstić information content (AvgIpc) is 3.71. The molecule has 8 heteroatoms. The van der Waals surface area contributed by atoms with Crippen LogP contribution < -0.4 is 10.3 Å². The van der Waals surface area contributed by atoms with E-state index in [0.717, 1.165) is 59.9 Å². The second-order valence-electron chi connectivity index (χ2n) is 10.9. The minimum Gasteiger partial charge on any atom is -0.497 e. The third-order valence-corrected chi connectivity index (χ3v) is 8.21. The fraction of sp³-hybridized carbons (Fsp3) is 0.333. The molecule has 8 nitrogen and oxygen atoms in total. The van der Waals surface area contributed by atoms with Gasteiger partial charge in [-0.3, -0.25) is 9.69 Å². The summed E-state index contributed by atoms with van der Waals surface area (Å²) >= 11 is 0. The van der Waals surface area contributed by atoms with E-state index in [1.165, 1.54) is 5.56 Å². The normalized spacial score (nSPS) is 14.6. The van der Waals surface area contributed by atoms with Crippen molar-refractivity contribution in [2.45, 2.75) is 64.2 Å². The van der Waals surface area contributed by atoms with Gasteiger partial charge in [-0.1, -0.05) is 68.3 Å². The zero-order chi connectivity index (χ0) is 28.2. The molecule has 0 aliphatic heterocycles. The highest BCUT2D eigenvalue weighted by atomic mass is 16.5. The summed E-state index contributed by atoms with van der Waals surface area (Å²) in [4.78, 5) is 19.3. The van der Waals surface area contributed by atoms with Crippen LogP contribution in [0.5, 0.6) is 5.75 Å². The number of tetrazole rings is 1. The topological polar surface area (TPSA) is 88.9 Å². The van der Waals surface area contributed by atoms with Gasteiger partial charge < -0.3 is 9.72 Å². The lowest BCUT2D eigenvalue weighted by molar-refractivity contribution is 0.190. The molecule has 210 valence electrons. The van der Waals surface area contributed by atoms with Crippen LogP contribution in [0, 0.1) is 0 Å². The van der Waals surface area contributed by atoms with Crippen LogP contribution in [0.4, 0.5) is 0 Å². The second-order valence-corrected chi connectivity index (χ2v) is 10.9. The van der Waals surface area contributed by atoms with E-state index in [-0.39, 0.29) is 11.6 Å². The standard InChI is InChI=1S/C33H36N6O2/c1-3-23-15-18-30-26(19-23)20-29(33(40)34-30)31(32-35-36-37-39(32)27-11-7-8-12-27)38(21-24-9-5-4-6-10-24)22-25-13-16-28(41-2)17-14-25/h4-6,9-10,13-20,27,31H,3,7-8,11-12,21-22H2,1-2H3,(H,34,40)/t31-/m0/s1. The predicted molar refractivity (Wildman–Crippen MR) is 160 cm³/mol. The number of aryl methyl sites for hydroxylation is 1. The van der Waals surface area contributed by atoms with E-state index < -0.39 is 6.04 Å². The van der Waals surface area contributed by atoms with Crippen LogP contribution in [-0.4, -0.2) is 37.2 Å². The number of fused-ring (bicyclic) bond motifs is 1. The van der Waals surface area contributed by atoms with E-state index in [0.29, 0.717) is 24.5 Å². The first-order valence-electron chi connectivity index (χ1n) is 14.5. The first-order chi connectivity index (χ1) is 20.1. The number of pyridine rings is 1. The Kier molecular flexibility index (Phi) is 7.91. The summed E-state index contributed by atoms with van der Waals surface area (Å²) in [6, 6.07) is 26.5. The van der Waals surface area contributed by atoms with Gasteiger partial charge in [-0.15, -0.1) is 5.10 Å². The molecule has 0 radical (unpaired) electrons. The molecular formula is C33H36N6O2. The molecule has 41 heavy (non-hydrogen) atoms. The molecule has 1 saturated carbocycles. The zero-order valence-corrected chi connectivity index (χ0v) is 23.7. The SMILES string of the molecule is CCc1ccc2[nH]c(=O)c([C@@H](c3nnnn3C3CCCC3)N(Cc3ccccc3)Cc3ccc(OC)cc3)cc2c1. The van der Waals surface area contributed by atoms with Crippen molar-refractivity contribution in [3.05, 3.63) is 117 Å². The van der Waals surface area contributed by atoms with Crippen LogP contribution in [0.2, 0.25) is 0 Å². The lowest BCUT2D eigenvalue weighted by Gasteiger charge is -2.32. The molecule has 6 rings (SSSR count). The lowest BCUT2D eigenvalue weighted by Crippen LogP contribution is -2.35. The summed E-state index contributed by atoms with van der Waals surface area (Å²) < 4.78 is 7.39. The van der Waals surface area contributed by atoms with Gasteiger partial charge in [0.05, 0.1) is 13.2 Å². The molecule has 0 saturated heterocycles. The van der Waals surface area contributed by atoms with E-state index in [4.69, 9.17) is 4.74 Å². The number of H-pyrrole nitrogens is 1. The molecule has 0 bridgehead atoms. The number of rotatable bonds is 10. The van der Waals surface area contributed by atoms with Gasteiger partial charge in [0, 0.05) is 24.2 Å². The van der Waals surface area contributed by atoms with Crippen molar-refractivity contribution in [3.8, 4) is 5.75 Å². The van der Waals surface area contributed by atoms with Gasteiger partial charge in [-0.25, -0.2) is 4.68 Å². The lowest BCUT2D eigenvalue weighted by atomic mass is 10.00. The molecule has 2 aromatic heterocycles. The molecule has 0 spiro atoms. The van der Waals surface area contributed by atoms with Crippen LogP contribution in [0.3, 0.4) is 0 Å². The Morgan fingerprint density at radius 1 is 0.951 bits per heavy atom. The Morgan fingerprint density at radius 3 is 2.37 bits per heavy atom. The van der Waals surface area contributed by atoms with E-state index >= 15 is 0 Å². The Hall–Kier alpha value is -4.30. The van der Waals surface area contributed by atoms with Gasteiger partial charge in [0.2, 0.25) is 0 Å². The highest BCUT2D eigenvalue weighted by Gasteiger charge is 2.33. The van der Waals surface area contributed by atoms with Crippen molar-refractivity contribution in [2.75, 3.05) is 7.11 Å². The predicted octanol–water partition coefficient (Wildman–Crippen LogP) is 5.99. The van der Waals surface area contributed by atoms with E-state index in [1.54, 1.807) is 7.11 Å². The minimum atomic E-state index is -0.466. The van der Waals surface area contributed by atoms with E-state index in [1.807, 2.05) is 47.1 Å². The number of benzene rings is 3. The third kappa shape index (κ3) is 5.79. The van der Waals surface area contributed by atoms with Crippen LogP contribution in [0.15, 0.2) is 83.7 Å². The summed E-state index contributed by atoms with van der Waals surface area (Å²) in [6.07, 6.45) is 5.31. The number of methoxy groups -OCH3 is 1. The summed E-state index contributed by atoms with van der Waals surface area (Å²) in [5, 5.41) is 14.3. The molecule has 0 unspecified atom stereocenters. The highest BCUT2D eigenvalue weighted by Crippen LogP contribution is 2.35. The van der Waals surface area contributed by atoms with Gasteiger partial charge in [0.15, 0.2) is 5.82 Å². The number of nitrogens with one attached hydrogen (secondary N) is 1. The summed E-state index contributed by atoms with van der Waals surface area (Å²) in [6.45, 7) is 3.35. The summed E-state index contributed by atoms with van der Waals surface area (Å²) in [5.74, 6) is 1.51. The van der Waals surface area contributed by atoms with Gasteiger partial charge in [-0.2, -0.15) is 0 Å². The number of ether oxygens (including phenoxy) is 1. The monoisotopic (exact) mass is 548 g/mol.